The Balaban J connectivity index is 1.86. The third-order valence-corrected chi connectivity index (χ3v) is 3.46. The highest BCUT2D eigenvalue weighted by molar-refractivity contribution is 5.51. The first-order valence-corrected chi connectivity index (χ1v) is 6.65. The molecule has 5 heteroatoms. The summed E-state index contributed by atoms with van der Waals surface area (Å²) in [4.78, 5) is 0. The van der Waals surface area contributed by atoms with Crippen LogP contribution in [0.2, 0.25) is 0 Å². The number of aliphatic hydroxyl groups is 1. The zero-order valence-electron chi connectivity index (χ0n) is 11.2. The van der Waals surface area contributed by atoms with Crippen LogP contribution < -0.4 is 10.6 Å². The normalized spacial score (nSPS) is 23.3. The van der Waals surface area contributed by atoms with Crippen molar-refractivity contribution in [2.24, 2.45) is 0 Å². The van der Waals surface area contributed by atoms with Gasteiger partial charge in [0.15, 0.2) is 0 Å². The van der Waals surface area contributed by atoms with E-state index < -0.39 is 0 Å². The second kappa shape index (κ2) is 6.84. The van der Waals surface area contributed by atoms with Gasteiger partial charge in [0.1, 0.15) is 5.82 Å². The van der Waals surface area contributed by atoms with Crippen molar-refractivity contribution >= 4 is 5.69 Å². The van der Waals surface area contributed by atoms with E-state index in [0.717, 1.165) is 30.6 Å². The lowest BCUT2D eigenvalue weighted by atomic mass is 10.0. The SMILES string of the molecule is CNc1cc(F)ccc1CC[C@@H]1CN[C@H](CO)CO1. The number of hydrogen-bond donors (Lipinski definition) is 3. The number of aliphatic hydroxyl groups excluding tert-OH is 1. The molecule has 0 spiro atoms. The first-order valence-electron chi connectivity index (χ1n) is 6.65. The van der Waals surface area contributed by atoms with E-state index in [4.69, 9.17) is 9.84 Å². The monoisotopic (exact) mass is 268 g/mol. The Kier molecular flexibility index (Phi) is 5.13. The van der Waals surface area contributed by atoms with Crippen molar-refractivity contribution in [1.29, 1.82) is 0 Å². The number of hydrogen-bond acceptors (Lipinski definition) is 4. The van der Waals surface area contributed by atoms with Crippen molar-refractivity contribution in [3.63, 3.8) is 0 Å². The number of rotatable bonds is 5. The maximum Gasteiger partial charge on any atom is 0.125 e. The second-order valence-corrected chi connectivity index (χ2v) is 4.83. The molecule has 0 aliphatic carbocycles. The van der Waals surface area contributed by atoms with Crippen LogP contribution in [0.1, 0.15) is 12.0 Å². The highest BCUT2D eigenvalue weighted by Gasteiger charge is 2.20. The molecule has 0 aromatic heterocycles. The molecule has 4 nitrogen and oxygen atoms in total. The summed E-state index contributed by atoms with van der Waals surface area (Å²) in [6.07, 6.45) is 1.87. The minimum absolute atomic E-state index is 0.0509. The number of ether oxygens (including phenoxy) is 1. The topological polar surface area (TPSA) is 53.5 Å². The number of benzene rings is 1. The van der Waals surface area contributed by atoms with Crippen molar-refractivity contribution in [2.75, 3.05) is 32.1 Å². The lowest BCUT2D eigenvalue weighted by Gasteiger charge is -2.29. The van der Waals surface area contributed by atoms with E-state index in [1.807, 2.05) is 6.07 Å². The Morgan fingerprint density at radius 3 is 3.00 bits per heavy atom. The van der Waals surface area contributed by atoms with Gasteiger partial charge >= 0.3 is 0 Å². The van der Waals surface area contributed by atoms with Crippen LogP contribution in [0.3, 0.4) is 0 Å². The highest BCUT2D eigenvalue weighted by atomic mass is 19.1. The molecule has 1 aliphatic rings. The molecule has 1 heterocycles. The van der Waals surface area contributed by atoms with Gasteiger partial charge in [-0.1, -0.05) is 6.07 Å². The van der Waals surface area contributed by atoms with Gasteiger partial charge in [0.2, 0.25) is 0 Å². The Bertz CT molecular complexity index is 406. The quantitative estimate of drug-likeness (QED) is 0.750. The molecule has 0 amide bonds. The molecule has 1 aliphatic heterocycles. The summed E-state index contributed by atoms with van der Waals surface area (Å²) in [5, 5.41) is 15.2. The molecule has 0 unspecified atom stereocenters. The van der Waals surface area contributed by atoms with E-state index in [-0.39, 0.29) is 24.6 Å². The van der Waals surface area contributed by atoms with Crippen LogP contribution in [0.5, 0.6) is 0 Å². The van der Waals surface area contributed by atoms with Crippen LogP contribution >= 0.6 is 0 Å². The molecular weight excluding hydrogens is 247 g/mol. The van der Waals surface area contributed by atoms with Crippen molar-refractivity contribution in [3.05, 3.63) is 29.6 Å². The number of anilines is 1. The maximum atomic E-state index is 13.1. The van der Waals surface area contributed by atoms with Gasteiger partial charge < -0.3 is 20.5 Å². The summed E-state index contributed by atoms with van der Waals surface area (Å²) in [6, 6.07) is 4.86. The van der Waals surface area contributed by atoms with Gasteiger partial charge in [0.25, 0.3) is 0 Å². The zero-order valence-corrected chi connectivity index (χ0v) is 11.2. The van der Waals surface area contributed by atoms with Gasteiger partial charge in [-0.2, -0.15) is 0 Å². The number of morpholine rings is 1. The molecule has 0 saturated carbocycles. The third kappa shape index (κ3) is 3.89. The van der Waals surface area contributed by atoms with Gasteiger partial charge in [-0.05, 0) is 30.5 Å². The summed E-state index contributed by atoms with van der Waals surface area (Å²) < 4.78 is 18.8. The standard InChI is InChI=1S/C14H21FN2O2/c1-16-14-6-11(15)4-2-10(14)3-5-13-7-17-12(8-18)9-19-13/h2,4,6,12-13,16-18H,3,5,7-9H2,1H3/t12-,13-/m1/s1. The van der Waals surface area contributed by atoms with Gasteiger partial charge in [-0.15, -0.1) is 0 Å². The second-order valence-electron chi connectivity index (χ2n) is 4.83. The smallest absolute Gasteiger partial charge is 0.125 e. The summed E-state index contributed by atoms with van der Waals surface area (Å²) in [5.74, 6) is -0.227. The molecule has 19 heavy (non-hydrogen) atoms. The molecular formula is C14H21FN2O2. The molecule has 106 valence electrons. The fourth-order valence-electron chi connectivity index (χ4n) is 2.29. The first-order chi connectivity index (χ1) is 9.22. The van der Waals surface area contributed by atoms with Crippen LogP contribution in [0.4, 0.5) is 10.1 Å². The Morgan fingerprint density at radius 1 is 1.53 bits per heavy atom. The average molecular weight is 268 g/mol. The summed E-state index contributed by atoms with van der Waals surface area (Å²) in [6.45, 7) is 1.40. The molecule has 1 aromatic carbocycles. The van der Waals surface area contributed by atoms with Gasteiger partial charge in [-0.3, -0.25) is 0 Å². The predicted molar refractivity (Wildman–Crippen MR) is 72.9 cm³/mol. The molecule has 0 radical (unpaired) electrons. The van der Waals surface area contributed by atoms with Gasteiger partial charge in [0.05, 0.1) is 25.4 Å². The average Bonchev–Trinajstić information content (AvgIpc) is 2.46. The summed E-state index contributed by atoms with van der Waals surface area (Å²) >= 11 is 0. The fourth-order valence-corrected chi connectivity index (χ4v) is 2.29. The van der Waals surface area contributed by atoms with Crippen molar-refractivity contribution in [1.82, 2.24) is 5.32 Å². The van der Waals surface area contributed by atoms with E-state index >= 15 is 0 Å². The maximum absolute atomic E-state index is 13.1. The molecule has 1 fully saturated rings. The van der Waals surface area contributed by atoms with Crippen LogP contribution in [-0.4, -0.2) is 44.1 Å². The Morgan fingerprint density at radius 2 is 2.37 bits per heavy atom. The summed E-state index contributed by atoms with van der Waals surface area (Å²) in [5.41, 5.74) is 1.92. The molecule has 1 saturated heterocycles. The zero-order chi connectivity index (χ0) is 13.7. The van der Waals surface area contributed by atoms with E-state index in [1.165, 1.54) is 12.1 Å². The lowest BCUT2D eigenvalue weighted by molar-refractivity contribution is -0.0117. The predicted octanol–water partition coefficient (Wildman–Crippen LogP) is 1.15. The van der Waals surface area contributed by atoms with Crippen LogP contribution in [0.25, 0.3) is 0 Å². The molecule has 0 bridgehead atoms. The van der Waals surface area contributed by atoms with Gasteiger partial charge in [-0.25, -0.2) is 4.39 Å². The van der Waals surface area contributed by atoms with Gasteiger partial charge in [0, 0.05) is 19.3 Å². The summed E-state index contributed by atoms with van der Waals surface area (Å²) in [7, 11) is 1.79. The molecule has 3 N–H and O–H groups in total. The van der Waals surface area contributed by atoms with E-state index in [0.29, 0.717) is 6.61 Å². The number of halogens is 1. The molecule has 1 aromatic rings. The Hall–Kier alpha value is -1.17. The first kappa shape index (κ1) is 14.2. The van der Waals surface area contributed by atoms with Crippen LogP contribution in [-0.2, 0) is 11.2 Å². The van der Waals surface area contributed by atoms with Crippen molar-refractivity contribution in [2.45, 2.75) is 25.0 Å². The number of nitrogens with one attached hydrogen (secondary N) is 2. The minimum atomic E-state index is -0.227. The van der Waals surface area contributed by atoms with Crippen LogP contribution in [0.15, 0.2) is 18.2 Å². The Labute approximate surface area is 113 Å². The molecule has 2 rings (SSSR count). The van der Waals surface area contributed by atoms with Crippen molar-refractivity contribution in [3.8, 4) is 0 Å². The third-order valence-electron chi connectivity index (χ3n) is 3.46. The van der Waals surface area contributed by atoms with E-state index in [2.05, 4.69) is 10.6 Å². The minimum Gasteiger partial charge on any atom is -0.395 e. The highest BCUT2D eigenvalue weighted by Crippen LogP contribution is 2.20. The molecule has 2 atom stereocenters. The fraction of sp³-hybridized carbons (Fsp3) is 0.571. The number of aryl methyl sites for hydroxylation is 1. The van der Waals surface area contributed by atoms with E-state index in [1.54, 1.807) is 7.05 Å². The lowest BCUT2D eigenvalue weighted by Crippen LogP contribution is -2.48. The largest absolute Gasteiger partial charge is 0.395 e. The van der Waals surface area contributed by atoms with E-state index in [9.17, 15) is 4.39 Å². The van der Waals surface area contributed by atoms with Crippen LogP contribution in [0, 0.1) is 5.82 Å². The van der Waals surface area contributed by atoms with Crippen molar-refractivity contribution < 1.29 is 14.2 Å².